The molecule has 2 aromatic carbocycles. The zero-order valence-electron chi connectivity index (χ0n) is 13.2. The van der Waals surface area contributed by atoms with Gasteiger partial charge < -0.3 is 10.6 Å². The SMILES string of the molecule is O=C(CNc1ccc(F)cc1F)N[C@H](c1ccccc1)c1cccs1. The lowest BCUT2D eigenvalue weighted by Crippen LogP contribution is -2.33. The molecule has 1 aromatic heterocycles. The summed E-state index contributed by atoms with van der Waals surface area (Å²) in [5.41, 5.74) is 1.05. The summed E-state index contributed by atoms with van der Waals surface area (Å²) in [6.45, 7) is -0.114. The Kier molecular flexibility index (Phi) is 5.40. The predicted molar refractivity (Wildman–Crippen MR) is 95.6 cm³/mol. The molecule has 1 atom stereocenters. The minimum Gasteiger partial charge on any atom is -0.374 e. The van der Waals surface area contributed by atoms with Gasteiger partial charge in [0.2, 0.25) is 5.91 Å². The summed E-state index contributed by atoms with van der Waals surface area (Å²) in [5, 5.41) is 7.59. The summed E-state index contributed by atoms with van der Waals surface area (Å²) in [5.74, 6) is -1.68. The van der Waals surface area contributed by atoms with Crippen LogP contribution in [-0.2, 0) is 4.79 Å². The van der Waals surface area contributed by atoms with E-state index >= 15 is 0 Å². The molecule has 3 nitrogen and oxygen atoms in total. The van der Waals surface area contributed by atoms with Crippen molar-refractivity contribution in [3.63, 3.8) is 0 Å². The first-order chi connectivity index (χ1) is 12.1. The highest BCUT2D eigenvalue weighted by Crippen LogP contribution is 2.25. The minimum absolute atomic E-state index is 0.0870. The smallest absolute Gasteiger partial charge is 0.240 e. The van der Waals surface area contributed by atoms with Crippen molar-refractivity contribution < 1.29 is 13.6 Å². The molecule has 2 N–H and O–H groups in total. The summed E-state index contributed by atoms with van der Waals surface area (Å²) in [4.78, 5) is 13.3. The van der Waals surface area contributed by atoms with Crippen LogP contribution in [0.3, 0.4) is 0 Å². The Balaban J connectivity index is 1.68. The van der Waals surface area contributed by atoms with Crippen molar-refractivity contribution in [3.8, 4) is 0 Å². The van der Waals surface area contributed by atoms with Crippen molar-refractivity contribution in [2.75, 3.05) is 11.9 Å². The molecule has 0 fully saturated rings. The number of carbonyl (C=O) groups excluding carboxylic acids is 1. The second kappa shape index (κ2) is 7.90. The van der Waals surface area contributed by atoms with E-state index < -0.39 is 11.6 Å². The van der Waals surface area contributed by atoms with E-state index in [4.69, 9.17) is 0 Å². The molecule has 0 saturated carbocycles. The highest BCUT2D eigenvalue weighted by Gasteiger charge is 2.17. The lowest BCUT2D eigenvalue weighted by atomic mass is 10.1. The Morgan fingerprint density at radius 3 is 2.52 bits per heavy atom. The molecule has 3 aromatic rings. The van der Waals surface area contributed by atoms with Crippen molar-refractivity contribution in [2.45, 2.75) is 6.04 Å². The van der Waals surface area contributed by atoms with Gasteiger partial charge in [0.25, 0.3) is 0 Å². The van der Waals surface area contributed by atoms with E-state index in [0.29, 0.717) is 0 Å². The number of rotatable bonds is 6. The molecule has 1 heterocycles. The average molecular weight is 358 g/mol. The Morgan fingerprint density at radius 2 is 1.84 bits per heavy atom. The molecule has 0 spiro atoms. The number of thiophene rings is 1. The van der Waals surface area contributed by atoms with Crippen LogP contribution < -0.4 is 10.6 Å². The molecule has 128 valence electrons. The standard InChI is InChI=1S/C19H16F2N2OS/c20-14-8-9-16(15(21)11-14)22-12-18(24)23-19(17-7-4-10-25-17)13-5-2-1-3-6-13/h1-11,19,22H,12H2,(H,23,24)/t19-/m1/s1. The Hall–Kier alpha value is -2.73. The number of hydrogen-bond acceptors (Lipinski definition) is 3. The second-order valence-corrected chi connectivity index (χ2v) is 6.38. The van der Waals surface area contributed by atoms with Gasteiger partial charge in [-0.3, -0.25) is 4.79 Å². The van der Waals surface area contributed by atoms with Crippen LogP contribution in [0, 0.1) is 11.6 Å². The van der Waals surface area contributed by atoms with Crippen LogP contribution in [-0.4, -0.2) is 12.5 Å². The Bertz CT molecular complexity index is 838. The summed E-state index contributed by atoms with van der Waals surface area (Å²) >= 11 is 1.55. The molecule has 0 aliphatic rings. The molecular formula is C19H16F2N2OS. The fourth-order valence-electron chi connectivity index (χ4n) is 2.44. The average Bonchev–Trinajstić information content (AvgIpc) is 3.14. The quantitative estimate of drug-likeness (QED) is 0.688. The summed E-state index contributed by atoms with van der Waals surface area (Å²) in [6.07, 6.45) is 0. The van der Waals surface area contributed by atoms with Crippen molar-refractivity contribution in [1.82, 2.24) is 5.32 Å². The molecule has 0 saturated heterocycles. The summed E-state index contributed by atoms with van der Waals surface area (Å²) < 4.78 is 26.5. The minimum atomic E-state index is -0.731. The largest absolute Gasteiger partial charge is 0.374 e. The third kappa shape index (κ3) is 4.42. The van der Waals surface area contributed by atoms with Gasteiger partial charge in [-0.25, -0.2) is 8.78 Å². The molecule has 0 bridgehead atoms. The molecule has 0 radical (unpaired) electrons. The predicted octanol–water partition coefficient (Wildman–Crippen LogP) is 4.34. The van der Waals surface area contributed by atoms with Crippen molar-refractivity contribution in [1.29, 1.82) is 0 Å². The molecule has 25 heavy (non-hydrogen) atoms. The third-order valence-corrected chi connectivity index (χ3v) is 4.57. The third-order valence-electron chi connectivity index (χ3n) is 3.64. The van der Waals surface area contributed by atoms with Gasteiger partial charge in [-0.05, 0) is 29.1 Å². The van der Waals surface area contributed by atoms with Crippen molar-refractivity contribution in [3.05, 3.63) is 88.1 Å². The van der Waals surface area contributed by atoms with Crippen LogP contribution in [0.25, 0.3) is 0 Å². The fourth-order valence-corrected chi connectivity index (χ4v) is 3.24. The van der Waals surface area contributed by atoms with Gasteiger partial charge in [0.1, 0.15) is 11.6 Å². The number of anilines is 1. The molecule has 0 unspecified atom stereocenters. The zero-order valence-corrected chi connectivity index (χ0v) is 14.0. The van der Waals surface area contributed by atoms with Crippen LogP contribution in [0.4, 0.5) is 14.5 Å². The van der Waals surface area contributed by atoms with E-state index in [2.05, 4.69) is 10.6 Å². The van der Waals surface area contributed by atoms with Gasteiger partial charge in [0.05, 0.1) is 18.3 Å². The number of carbonyl (C=O) groups is 1. The molecular weight excluding hydrogens is 342 g/mol. The van der Waals surface area contributed by atoms with Crippen LogP contribution in [0.1, 0.15) is 16.5 Å². The number of halogens is 2. The maximum absolute atomic E-state index is 13.6. The summed E-state index contributed by atoms with van der Waals surface area (Å²) in [6, 6.07) is 16.4. The van der Waals surface area contributed by atoms with Gasteiger partial charge >= 0.3 is 0 Å². The lowest BCUT2D eigenvalue weighted by Gasteiger charge is -2.18. The van der Waals surface area contributed by atoms with Crippen LogP contribution in [0.5, 0.6) is 0 Å². The van der Waals surface area contributed by atoms with E-state index in [9.17, 15) is 13.6 Å². The first-order valence-corrected chi connectivity index (χ1v) is 8.58. The first-order valence-electron chi connectivity index (χ1n) is 7.70. The molecule has 3 rings (SSSR count). The molecule has 0 aliphatic heterocycles. The zero-order chi connectivity index (χ0) is 17.6. The number of amides is 1. The van der Waals surface area contributed by atoms with Gasteiger partial charge in [0.15, 0.2) is 0 Å². The second-order valence-electron chi connectivity index (χ2n) is 5.40. The van der Waals surface area contributed by atoms with E-state index in [0.717, 1.165) is 22.6 Å². The lowest BCUT2D eigenvalue weighted by molar-refractivity contribution is -0.119. The van der Waals surface area contributed by atoms with E-state index in [-0.39, 0.29) is 24.2 Å². The Morgan fingerprint density at radius 1 is 1.04 bits per heavy atom. The highest BCUT2D eigenvalue weighted by atomic mass is 32.1. The van der Waals surface area contributed by atoms with Crippen LogP contribution in [0.2, 0.25) is 0 Å². The topological polar surface area (TPSA) is 41.1 Å². The first kappa shape index (κ1) is 17.1. The normalized spacial score (nSPS) is 11.8. The van der Waals surface area contributed by atoms with Crippen molar-refractivity contribution >= 4 is 22.9 Å². The number of benzene rings is 2. The van der Waals surface area contributed by atoms with Crippen LogP contribution in [0.15, 0.2) is 66.0 Å². The van der Waals surface area contributed by atoms with Gasteiger partial charge in [-0.2, -0.15) is 0 Å². The molecule has 6 heteroatoms. The Labute approximate surface area is 148 Å². The maximum atomic E-state index is 13.6. The number of nitrogens with one attached hydrogen (secondary N) is 2. The fraction of sp³-hybridized carbons (Fsp3) is 0.105. The monoisotopic (exact) mass is 358 g/mol. The van der Waals surface area contributed by atoms with E-state index in [1.165, 1.54) is 6.07 Å². The maximum Gasteiger partial charge on any atom is 0.240 e. The van der Waals surface area contributed by atoms with E-state index in [1.54, 1.807) is 11.3 Å². The molecule has 1 amide bonds. The van der Waals surface area contributed by atoms with Crippen molar-refractivity contribution in [2.24, 2.45) is 0 Å². The number of hydrogen-bond donors (Lipinski definition) is 2. The molecule has 0 aliphatic carbocycles. The summed E-state index contributed by atoms with van der Waals surface area (Å²) in [7, 11) is 0. The van der Waals surface area contributed by atoms with Gasteiger partial charge in [-0.1, -0.05) is 36.4 Å². The van der Waals surface area contributed by atoms with Gasteiger partial charge in [0, 0.05) is 10.9 Å². The highest BCUT2D eigenvalue weighted by molar-refractivity contribution is 7.10. The van der Waals surface area contributed by atoms with Crippen LogP contribution >= 0.6 is 11.3 Å². The van der Waals surface area contributed by atoms with Gasteiger partial charge in [-0.15, -0.1) is 11.3 Å². The van der Waals surface area contributed by atoms with E-state index in [1.807, 2.05) is 47.8 Å².